The fourth-order valence-corrected chi connectivity index (χ4v) is 1.33. The standard InChI is InChI=1S/C10H12O3S/c1-9(8-13-14(11)12)7-10-5-3-2-4-6-10/h2-6H,1,7-8H2,(H,11,12)/p-1. The van der Waals surface area contributed by atoms with E-state index in [4.69, 9.17) is 0 Å². The van der Waals surface area contributed by atoms with Gasteiger partial charge in [-0.05, 0) is 17.6 Å². The third kappa shape index (κ3) is 4.32. The van der Waals surface area contributed by atoms with Gasteiger partial charge in [0.2, 0.25) is 0 Å². The summed E-state index contributed by atoms with van der Waals surface area (Å²) in [6.45, 7) is 3.77. The number of benzene rings is 1. The summed E-state index contributed by atoms with van der Waals surface area (Å²) in [5.41, 5.74) is 1.83. The zero-order valence-corrected chi connectivity index (χ0v) is 8.46. The minimum Gasteiger partial charge on any atom is -0.750 e. The first-order valence-corrected chi connectivity index (χ1v) is 5.11. The molecular formula is C10H11O3S-. The van der Waals surface area contributed by atoms with Crippen molar-refractivity contribution >= 4 is 11.4 Å². The fourth-order valence-electron chi connectivity index (χ4n) is 1.07. The second-order valence-electron chi connectivity index (χ2n) is 2.88. The highest BCUT2D eigenvalue weighted by Gasteiger charge is 1.97. The zero-order chi connectivity index (χ0) is 10.4. The van der Waals surface area contributed by atoms with Crippen LogP contribution in [-0.4, -0.2) is 15.4 Å². The summed E-state index contributed by atoms with van der Waals surface area (Å²) in [6, 6.07) is 9.69. The molecule has 0 aliphatic heterocycles. The van der Waals surface area contributed by atoms with Crippen LogP contribution in [0.3, 0.4) is 0 Å². The Hall–Kier alpha value is -0.970. The molecule has 1 aromatic rings. The van der Waals surface area contributed by atoms with E-state index in [1.165, 1.54) is 0 Å². The van der Waals surface area contributed by atoms with Gasteiger partial charge in [0.15, 0.2) is 0 Å². The molecule has 0 aliphatic carbocycles. The van der Waals surface area contributed by atoms with Gasteiger partial charge in [-0.15, -0.1) is 0 Å². The van der Waals surface area contributed by atoms with Gasteiger partial charge in [0.25, 0.3) is 0 Å². The molecule has 4 heteroatoms. The van der Waals surface area contributed by atoms with Crippen LogP contribution in [0.25, 0.3) is 0 Å². The lowest BCUT2D eigenvalue weighted by Gasteiger charge is -2.08. The molecule has 1 atom stereocenters. The van der Waals surface area contributed by atoms with Crippen LogP contribution in [0, 0.1) is 0 Å². The lowest BCUT2D eigenvalue weighted by molar-refractivity contribution is 0.325. The first-order chi connectivity index (χ1) is 6.68. The smallest absolute Gasteiger partial charge is 0.0845 e. The van der Waals surface area contributed by atoms with Crippen LogP contribution >= 0.6 is 0 Å². The van der Waals surface area contributed by atoms with E-state index in [9.17, 15) is 8.76 Å². The van der Waals surface area contributed by atoms with Crippen molar-refractivity contribution in [2.24, 2.45) is 0 Å². The molecule has 0 bridgehead atoms. The highest BCUT2D eigenvalue weighted by Crippen LogP contribution is 2.06. The van der Waals surface area contributed by atoms with Gasteiger partial charge in [-0.3, -0.25) is 4.18 Å². The summed E-state index contributed by atoms with van der Waals surface area (Å²) in [4.78, 5) is 0. The molecule has 0 aliphatic rings. The molecule has 0 amide bonds. The molecule has 0 aromatic heterocycles. The van der Waals surface area contributed by atoms with Gasteiger partial charge in [0.05, 0.1) is 18.0 Å². The summed E-state index contributed by atoms with van der Waals surface area (Å²) in [5, 5.41) is 0. The highest BCUT2D eigenvalue weighted by molar-refractivity contribution is 7.74. The molecule has 0 fully saturated rings. The first kappa shape index (κ1) is 11.1. The van der Waals surface area contributed by atoms with Gasteiger partial charge in [-0.2, -0.15) is 0 Å². The van der Waals surface area contributed by atoms with Crippen molar-refractivity contribution in [2.45, 2.75) is 6.42 Å². The van der Waals surface area contributed by atoms with E-state index < -0.39 is 11.4 Å². The summed E-state index contributed by atoms with van der Waals surface area (Å²) in [6.07, 6.45) is 0.637. The van der Waals surface area contributed by atoms with Crippen molar-refractivity contribution < 1.29 is 12.9 Å². The Bertz CT molecular complexity index is 321. The Morgan fingerprint density at radius 1 is 1.43 bits per heavy atom. The van der Waals surface area contributed by atoms with Gasteiger partial charge in [-0.25, -0.2) is 4.21 Å². The SMILES string of the molecule is C=C(COS(=O)[O-])Cc1ccccc1. The average Bonchev–Trinajstić information content (AvgIpc) is 2.16. The second-order valence-corrected chi connectivity index (χ2v) is 3.52. The molecule has 0 saturated heterocycles. The molecule has 0 radical (unpaired) electrons. The number of rotatable bonds is 5. The van der Waals surface area contributed by atoms with Crippen LogP contribution in [0.2, 0.25) is 0 Å². The summed E-state index contributed by atoms with van der Waals surface area (Å²) in [5.74, 6) is 0. The van der Waals surface area contributed by atoms with Crippen LogP contribution in [0.15, 0.2) is 42.5 Å². The topological polar surface area (TPSA) is 49.4 Å². The minimum absolute atomic E-state index is 0.0466. The van der Waals surface area contributed by atoms with Crippen molar-refractivity contribution in [2.75, 3.05) is 6.61 Å². The molecule has 14 heavy (non-hydrogen) atoms. The van der Waals surface area contributed by atoms with Crippen LogP contribution < -0.4 is 0 Å². The lowest BCUT2D eigenvalue weighted by Crippen LogP contribution is -2.02. The van der Waals surface area contributed by atoms with E-state index in [-0.39, 0.29) is 6.61 Å². The van der Waals surface area contributed by atoms with Gasteiger partial charge in [0.1, 0.15) is 0 Å². The summed E-state index contributed by atoms with van der Waals surface area (Å²) in [7, 11) is 0. The predicted molar refractivity (Wildman–Crippen MR) is 54.2 cm³/mol. The van der Waals surface area contributed by atoms with Crippen LogP contribution in [0.4, 0.5) is 0 Å². The lowest BCUT2D eigenvalue weighted by atomic mass is 10.1. The van der Waals surface area contributed by atoms with Gasteiger partial charge >= 0.3 is 0 Å². The Morgan fingerprint density at radius 3 is 2.64 bits per heavy atom. The minimum atomic E-state index is -2.45. The Kier molecular flexibility index (Phi) is 4.52. The third-order valence-electron chi connectivity index (χ3n) is 1.66. The van der Waals surface area contributed by atoms with Crippen molar-refractivity contribution in [1.82, 2.24) is 0 Å². The molecule has 1 unspecified atom stereocenters. The van der Waals surface area contributed by atoms with E-state index in [1.54, 1.807) is 0 Å². The van der Waals surface area contributed by atoms with E-state index in [1.807, 2.05) is 30.3 Å². The molecule has 0 spiro atoms. The van der Waals surface area contributed by atoms with Gasteiger partial charge in [0, 0.05) is 0 Å². The quantitative estimate of drug-likeness (QED) is 0.549. The van der Waals surface area contributed by atoms with E-state index in [0.29, 0.717) is 6.42 Å². The average molecular weight is 211 g/mol. The first-order valence-electron chi connectivity index (χ1n) is 4.11. The second kappa shape index (κ2) is 5.70. The largest absolute Gasteiger partial charge is 0.750 e. The Balaban J connectivity index is 2.38. The molecular weight excluding hydrogens is 200 g/mol. The molecule has 1 aromatic carbocycles. The molecule has 0 saturated carbocycles. The van der Waals surface area contributed by atoms with E-state index in [2.05, 4.69) is 10.8 Å². The monoisotopic (exact) mass is 211 g/mol. The predicted octanol–water partition coefficient (Wildman–Crippen LogP) is 1.60. The summed E-state index contributed by atoms with van der Waals surface area (Å²) < 4.78 is 24.6. The van der Waals surface area contributed by atoms with Crippen molar-refractivity contribution in [3.05, 3.63) is 48.0 Å². The Labute approximate surface area is 85.9 Å². The van der Waals surface area contributed by atoms with Crippen LogP contribution in [-0.2, 0) is 22.0 Å². The zero-order valence-electron chi connectivity index (χ0n) is 7.64. The Morgan fingerprint density at radius 2 is 2.07 bits per heavy atom. The van der Waals surface area contributed by atoms with Crippen LogP contribution in [0.5, 0.6) is 0 Å². The maximum Gasteiger partial charge on any atom is 0.0845 e. The molecule has 3 nitrogen and oxygen atoms in total. The maximum absolute atomic E-state index is 10.1. The molecule has 0 heterocycles. The van der Waals surface area contributed by atoms with E-state index in [0.717, 1.165) is 11.1 Å². The molecule has 76 valence electrons. The third-order valence-corrected chi connectivity index (χ3v) is 1.97. The van der Waals surface area contributed by atoms with Crippen LogP contribution in [0.1, 0.15) is 5.56 Å². The van der Waals surface area contributed by atoms with Gasteiger partial charge in [-0.1, -0.05) is 36.9 Å². The maximum atomic E-state index is 10.1. The number of hydrogen-bond acceptors (Lipinski definition) is 3. The number of hydrogen-bond donors (Lipinski definition) is 0. The highest BCUT2D eigenvalue weighted by atomic mass is 32.2. The van der Waals surface area contributed by atoms with Crippen molar-refractivity contribution in [1.29, 1.82) is 0 Å². The molecule has 0 N–H and O–H groups in total. The van der Waals surface area contributed by atoms with Crippen molar-refractivity contribution in [3.63, 3.8) is 0 Å². The fraction of sp³-hybridized carbons (Fsp3) is 0.200. The molecule has 1 rings (SSSR count). The van der Waals surface area contributed by atoms with Crippen molar-refractivity contribution in [3.8, 4) is 0 Å². The van der Waals surface area contributed by atoms with E-state index >= 15 is 0 Å². The van der Waals surface area contributed by atoms with Gasteiger partial charge < -0.3 is 4.55 Å². The summed E-state index contributed by atoms with van der Waals surface area (Å²) >= 11 is -2.45. The normalized spacial score (nSPS) is 12.4.